The molecule has 0 spiro atoms. The molecule has 2 heterocycles. The zero-order valence-electron chi connectivity index (χ0n) is 32.1. The van der Waals surface area contributed by atoms with E-state index in [2.05, 4.69) is 37.2 Å². The van der Waals surface area contributed by atoms with E-state index in [0.29, 0.717) is 41.5 Å². The minimum absolute atomic E-state index is 0.0591. The van der Waals surface area contributed by atoms with Crippen molar-refractivity contribution in [1.82, 2.24) is 0 Å². The minimum atomic E-state index is -3.89. The molecule has 2 aliphatic heterocycles. The van der Waals surface area contributed by atoms with Crippen molar-refractivity contribution in [2.75, 3.05) is 11.5 Å². The fourth-order valence-corrected chi connectivity index (χ4v) is 9.33. The molecule has 18 nitrogen and oxygen atoms in total. The molecule has 0 aliphatic carbocycles. The molecule has 322 valence electrons. The molecule has 2 fully saturated rings. The number of ketones is 8. The van der Waals surface area contributed by atoms with Crippen molar-refractivity contribution < 1.29 is 88.7 Å². The first kappa shape index (κ1) is 55.1. The fourth-order valence-electron chi connectivity index (χ4n) is 6.14. The molecule has 2 saturated heterocycles. The zero-order valence-corrected chi connectivity index (χ0v) is 37.1. The Balaban J connectivity index is 0.00000343. The van der Waals surface area contributed by atoms with Crippen LogP contribution in [0.15, 0.2) is 0 Å². The number of carbonyl (C=O) groups excluding carboxylic acids is 8. The van der Waals surface area contributed by atoms with Gasteiger partial charge in [-0.1, -0.05) is 57.0 Å². The van der Waals surface area contributed by atoms with E-state index in [0.717, 1.165) is 25.4 Å². The topological polar surface area (TPSA) is 317 Å². The van der Waals surface area contributed by atoms with Gasteiger partial charge in [0.05, 0.1) is 0 Å². The summed E-state index contributed by atoms with van der Waals surface area (Å²) < 4.78 is 11.0. The van der Waals surface area contributed by atoms with E-state index >= 15 is 0 Å². The van der Waals surface area contributed by atoms with Crippen molar-refractivity contribution >= 4 is 113 Å². The van der Waals surface area contributed by atoms with Crippen LogP contribution in [0.25, 0.3) is 0 Å². The van der Waals surface area contributed by atoms with Crippen molar-refractivity contribution in [3.8, 4) is 0 Å². The summed E-state index contributed by atoms with van der Waals surface area (Å²) in [5.41, 5.74) is -27.5. The van der Waals surface area contributed by atoms with Gasteiger partial charge in [0.25, 0.3) is 0 Å². The molecule has 2 aliphatic rings. The Morgan fingerprint density at radius 2 is 0.714 bits per heavy atom. The second kappa shape index (κ2) is 21.0. The molecule has 0 amide bonds. The summed E-state index contributed by atoms with van der Waals surface area (Å²) in [6, 6.07) is 0. The third-order valence-electron chi connectivity index (χ3n) is 9.31. The fraction of sp³-hybridized carbons (Fsp3) is 0.750. The molecule has 2 rings (SSSR count). The van der Waals surface area contributed by atoms with E-state index in [-0.39, 0.29) is 21.6 Å². The summed E-state index contributed by atoms with van der Waals surface area (Å²) in [6.07, 6.45) is -10.2. The van der Waals surface area contributed by atoms with Crippen LogP contribution in [-0.4, -0.2) is 168 Å². The second-order valence-corrected chi connectivity index (χ2v) is 18.4. The van der Waals surface area contributed by atoms with Crippen LogP contribution in [0.1, 0.15) is 69.2 Å². The van der Waals surface area contributed by atoms with Gasteiger partial charge in [0, 0.05) is 11.5 Å². The van der Waals surface area contributed by atoms with Crippen LogP contribution in [0.5, 0.6) is 0 Å². The molecule has 24 heteroatoms. The first-order valence-corrected chi connectivity index (χ1v) is 22.7. The summed E-state index contributed by atoms with van der Waals surface area (Å²) in [5, 5.41) is 91.2. The van der Waals surface area contributed by atoms with Crippen molar-refractivity contribution in [3.05, 3.63) is 0 Å². The number of rotatable bonds is 15. The minimum Gasteiger partial charge on any atom is -0.382 e. The van der Waals surface area contributed by atoms with E-state index in [1.807, 2.05) is 0 Å². The highest BCUT2D eigenvalue weighted by atomic mass is 33.1. The maximum absolute atomic E-state index is 13.1. The van der Waals surface area contributed by atoms with Crippen molar-refractivity contribution in [1.29, 1.82) is 0 Å². The molecule has 8 N–H and O–H groups in total. The Labute approximate surface area is 349 Å². The highest BCUT2D eigenvalue weighted by Crippen LogP contribution is 2.57. The van der Waals surface area contributed by atoms with Gasteiger partial charge in [-0.3, -0.25) is 38.4 Å². The molecule has 0 bridgehead atoms. The number of aliphatic hydroxyl groups excluding tert-OH is 2. The van der Waals surface area contributed by atoms with Gasteiger partial charge >= 0.3 is 0 Å². The van der Waals surface area contributed by atoms with E-state index in [1.54, 1.807) is 21.6 Å². The molecule has 0 aromatic heterocycles. The lowest BCUT2D eigenvalue weighted by Crippen LogP contribution is -2.87. The lowest BCUT2D eigenvalue weighted by Gasteiger charge is -2.59. The molecular formula is C32H50O18S6. The quantitative estimate of drug-likeness (QED) is 0.0682. The summed E-state index contributed by atoms with van der Waals surface area (Å²) in [5.74, 6) is -9.72. The normalized spacial score (nSPS) is 36.3. The average Bonchev–Trinajstić information content (AvgIpc) is 3.11. The first-order chi connectivity index (χ1) is 25.4. The Morgan fingerprint density at radius 1 is 0.500 bits per heavy atom. The summed E-state index contributed by atoms with van der Waals surface area (Å²) >= 11 is 7.67. The molecule has 2 unspecified atom stereocenters. The summed E-state index contributed by atoms with van der Waals surface area (Å²) in [7, 11) is 2.98. The molecular weight excluding hydrogens is 865 g/mol. The van der Waals surface area contributed by atoms with E-state index < -0.39 is 115 Å². The SMILES string of the molecule is CC(=O)C(O)[C@H]1O[C@@H](SS[C@@H]2O[C@H](C(O)C(C)=O)[C@](O)(C(C)=O)[C@@](O)(C(C)=O)[C@]2(O)C(C)=O)[C@@](O)(C(C)=O)[C@](O)(C(C)=O)[C@@]1(O)C(C)=O.CCSS.CCSS. The Morgan fingerprint density at radius 3 is 0.857 bits per heavy atom. The smallest absolute Gasteiger partial charge is 0.200 e. The van der Waals surface area contributed by atoms with Crippen LogP contribution in [0.3, 0.4) is 0 Å². The largest absolute Gasteiger partial charge is 0.382 e. The summed E-state index contributed by atoms with van der Waals surface area (Å²) in [4.78, 5) is 102. The highest BCUT2D eigenvalue weighted by Gasteiger charge is 2.81. The predicted molar refractivity (Wildman–Crippen MR) is 214 cm³/mol. The number of hydrogen-bond donors (Lipinski definition) is 10. The second-order valence-electron chi connectivity index (χ2n) is 12.7. The molecule has 0 aromatic carbocycles. The number of ether oxygens (including phenoxy) is 2. The Bertz CT molecular complexity index is 1420. The predicted octanol–water partition coefficient (Wildman–Crippen LogP) is -1.19. The van der Waals surface area contributed by atoms with Crippen LogP contribution in [-0.2, 0) is 47.8 Å². The van der Waals surface area contributed by atoms with Gasteiger partial charge in [-0.2, -0.15) is 0 Å². The van der Waals surface area contributed by atoms with Crippen LogP contribution >= 0.6 is 66.5 Å². The van der Waals surface area contributed by atoms with Gasteiger partial charge in [-0.15, -0.1) is 23.3 Å². The van der Waals surface area contributed by atoms with Gasteiger partial charge < -0.3 is 50.3 Å². The van der Waals surface area contributed by atoms with Crippen molar-refractivity contribution in [3.63, 3.8) is 0 Å². The molecule has 0 saturated carbocycles. The molecule has 0 aromatic rings. The monoisotopic (exact) mass is 914 g/mol. The van der Waals surface area contributed by atoms with Gasteiger partial charge in [0.15, 0.2) is 79.5 Å². The van der Waals surface area contributed by atoms with Gasteiger partial charge in [0.1, 0.15) is 24.4 Å². The first-order valence-electron chi connectivity index (χ1n) is 16.3. The maximum Gasteiger partial charge on any atom is 0.200 e. The maximum atomic E-state index is 13.1. The number of Topliss-reactive ketones (excluding diaryl/α,β-unsaturated/α-hetero) is 8. The van der Waals surface area contributed by atoms with E-state index in [1.165, 1.54) is 0 Å². The van der Waals surface area contributed by atoms with Crippen LogP contribution in [0.2, 0.25) is 0 Å². The standard InChI is InChI=1S/C28H38O18S2.2C2H6S2/c1-9(29)17(37)19-23(39,11(3)31)27(43,15(7)35)25(41,13(5)33)21(45-19)47-48-22-26(42,14(6)34)28(44,16(8)36)24(40,12(4)32)20(46-22)18(38)10(2)30;2*1-2-4-3/h17-22,37-44H,1-8H3;2*3H,2H2,1H3/t17?,18?,19-,20-,21+,22+,23-,24-,25+,26+,27+,28+;;/m1../s1. The number of aliphatic hydroxyl groups is 8. The zero-order chi connectivity index (χ0) is 44.7. The van der Waals surface area contributed by atoms with Gasteiger partial charge in [0.2, 0.25) is 11.2 Å². The third kappa shape index (κ3) is 9.05. The number of hydrogen-bond acceptors (Lipinski definition) is 24. The third-order valence-corrected chi connectivity index (χ3v) is 14.1. The summed E-state index contributed by atoms with van der Waals surface area (Å²) in [6.45, 7) is 9.07. The Hall–Kier alpha value is -0.940. The lowest BCUT2D eigenvalue weighted by molar-refractivity contribution is -0.312. The van der Waals surface area contributed by atoms with Crippen LogP contribution in [0, 0.1) is 0 Å². The van der Waals surface area contributed by atoms with Gasteiger partial charge in [-0.25, -0.2) is 0 Å². The van der Waals surface area contributed by atoms with E-state index in [4.69, 9.17) is 9.47 Å². The molecule has 12 atom stereocenters. The molecule has 0 radical (unpaired) electrons. The number of carbonyl (C=O) groups is 8. The van der Waals surface area contributed by atoms with Crippen LogP contribution in [0.4, 0.5) is 0 Å². The van der Waals surface area contributed by atoms with Crippen molar-refractivity contribution in [2.24, 2.45) is 0 Å². The highest BCUT2D eigenvalue weighted by molar-refractivity contribution is 8.77. The Kier molecular flexibility index (Phi) is 20.7. The lowest BCUT2D eigenvalue weighted by atomic mass is 9.60. The van der Waals surface area contributed by atoms with E-state index in [9.17, 15) is 79.2 Å². The average molecular weight is 915 g/mol. The van der Waals surface area contributed by atoms with Crippen molar-refractivity contribution in [2.45, 2.75) is 138 Å². The number of thiol groups is 2. The van der Waals surface area contributed by atoms with Crippen LogP contribution < -0.4 is 0 Å². The van der Waals surface area contributed by atoms with Gasteiger partial charge in [-0.05, 0) is 55.4 Å². The molecule has 56 heavy (non-hydrogen) atoms.